The van der Waals surface area contributed by atoms with E-state index in [4.69, 9.17) is 5.73 Å². The number of allylic oxidation sites excluding steroid dienone is 1. The van der Waals surface area contributed by atoms with Crippen molar-refractivity contribution in [3.05, 3.63) is 168 Å². The maximum absolute atomic E-state index is 6.32. The van der Waals surface area contributed by atoms with Gasteiger partial charge >= 0.3 is 0 Å². The molecule has 0 saturated heterocycles. The summed E-state index contributed by atoms with van der Waals surface area (Å²) in [5, 5.41) is 4.83. The summed E-state index contributed by atoms with van der Waals surface area (Å²) in [4.78, 5) is 2.82. The van der Waals surface area contributed by atoms with Gasteiger partial charge in [0, 0.05) is 41.6 Å². The molecule has 12 bridgehead atoms. The Morgan fingerprint density at radius 3 is 1.04 bits per heavy atom. The summed E-state index contributed by atoms with van der Waals surface area (Å²) in [6, 6.07) is 42.3. The van der Waals surface area contributed by atoms with Crippen molar-refractivity contribution < 1.29 is 0 Å². The lowest BCUT2D eigenvalue weighted by molar-refractivity contribution is -0.0805. The first-order valence-corrected chi connectivity index (χ1v) is 29.1. The van der Waals surface area contributed by atoms with E-state index in [1.807, 2.05) is 18.2 Å². The van der Waals surface area contributed by atoms with Gasteiger partial charge in [-0.3, -0.25) is 4.90 Å². The van der Waals surface area contributed by atoms with Gasteiger partial charge < -0.3 is 11.1 Å². The predicted octanol–water partition coefficient (Wildman–Crippen LogP) is 16.0. The minimum Gasteiger partial charge on any atom is -0.325 e. The van der Waals surface area contributed by atoms with Gasteiger partial charge in [-0.25, -0.2) is 0 Å². The third kappa shape index (κ3) is 13.2. The van der Waals surface area contributed by atoms with Crippen LogP contribution in [0.4, 0.5) is 0 Å². The van der Waals surface area contributed by atoms with Crippen LogP contribution < -0.4 is 11.1 Å². The zero-order valence-corrected chi connectivity index (χ0v) is 43.9. The van der Waals surface area contributed by atoms with Crippen molar-refractivity contribution in [3.63, 3.8) is 0 Å². The van der Waals surface area contributed by atoms with Gasteiger partial charge in [0.1, 0.15) is 0 Å². The smallest absolute Gasteiger partial charge is 0.0224 e. The molecule has 12 aliphatic rings. The van der Waals surface area contributed by atoms with Gasteiger partial charge in [-0.15, -0.1) is 0 Å². The van der Waals surface area contributed by atoms with Crippen LogP contribution in [0.3, 0.4) is 0 Å². The normalized spacial score (nSPS) is 34.8. The molecule has 16 rings (SSSR count). The number of benzene rings is 4. The average Bonchev–Trinajstić information content (AvgIpc) is 3.35. The Hall–Kier alpha value is -3.80. The molecule has 3 nitrogen and oxygen atoms in total. The van der Waals surface area contributed by atoms with Crippen molar-refractivity contribution in [1.29, 1.82) is 0 Å². The van der Waals surface area contributed by atoms with Crippen LogP contribution in [0.5, 0.6) is 0 Å². The quantitative estimate of drug-likeness (QED) is 0.131. The largest absolute Gasteiger partial charge is 0.325 e. The summed E-state index contributed by atoms with van der Waals surface area (Å²) < 4.78 is 0. The zero-order valence-electron chi connectivity index (χ0n) is 42.3. The summed E-state index contributed by atoms with van der Waals surface area (Å²) in [6.07, 6.45) is 44.4. The molecule has 3 N–H and O–H groups in total. The number of nitrogens with one attached hydrogen (secondary N) is 1. The van der Waals surface area contributed by atoms with Crippen LogP contribution in [0.2, 0.25) is 0 Å². The van der Waals surface area contributed by atoms with Gasteiger partial charge in [-0.2, -0.15) is 0 Å². The number of nitrogens with zero attached hydrogens (tertiary/aromatic N) is 1. The van der Waals surface area contributed by atoms with E-state index in [0.29, 0.717) is 16.6 Å². The lowest BCUT2D eigenvalue weighted by Gasteiger charge is -2.60. The van der Waals surface area contributed by atoms with Crippen LogP contribution >= 0.6 is 15.9 Å². The van der Waals surface area contributed by atoms with Gasteiger partial charge in [-0.1, -0.05) is 186 Å². The Bertz CT molecular complexity index is 2170. The molecule has 4 heteroatoms. The van der Waals surface area contributed by atoms with Gasteiger partial charge in [0.15, 0.2) is 0 Å². The van der Waals surface area contributed by atoms with Crippen molar-refractivity contribution in [2.24, 2.45) is 59.0 Å². The second-order valence-electron chi connectivity index (χ2n) is 24.3. The van der Waals surface area contributed by atoms with E-state index in [2.05, 4.69) is 178 Å². The summed E-state index contributed by atoms with van der Waals surface area (Å²) in [5.41, 5.74) is 12.7. The molecule has 12 saturated carbocycles. The second kappa shape index (κ2) is 23.4. The third-order valence-corrected chi connectivity index (χ3v) is 18.9. The van der Waals surface area contributed by atoms with E-state index in [9.17, 15) is 0 Å². The molecule has 12 aliphatic carbocycles. The van der Waals surface area contributed by atoms with Crippen LogP contribution in [0.1, 0.15) is 138 Å². The van der Waals surface area contributed by atoms with E-state index < -0.39 is 0 Å². The lowest BCUT2D eigenvalue weighted by Crippen LogP contribution is -2.60. The summed E-state index contributed by atoms with van der Waals surface area (Å²) in [6.45, 7) is 3.14. The van der Waals surface area contributed by atoms with Crippen molar-refractivity contribution in [1.82, 2.24) is 10.2 Å². The topological polar surface area (TPSA) is 41.3 Å². The third-order valence-electron chi connectivity index (χ3n) is 18.6. The highest BCUT2D eigenvalue weighted by molar-refractivity contribution is 9.09. The first-order valence-electron chi connectivity index (χ1n) is 28.0. The molecule has 12 fully saturated rings. The predicted molar refractivity (Wildman–Crippen MR) is 302 cm³/mol. The molecule has 0 amide bonds. The Morgan fingerprint density at radius 2 is 0.714 bits per heavy atom. The minimum atomic E-state index is 0.300. The molecule has 0 atom stereocenters. The highest BCUT2D eigenvalue weighted by atomic mass is 79.9. The molecule has 0 unspecified atom stereocenters. The number of halogens is 1. The van der Waals surface area contributed by atoms with Crippen molar-refractivity contribution >= 4 is 40.2 Å². The lowest BCUT2D eigenvalue weighted by atomic mass is 9.52. The minimum absolute atomic E-state index is 0.300. The molecule has 4 aromatic carbocycles. The highest BCUT2D eigenvalue weighted by Gasteiger charge is 2.53. The Labute approximate surface area is 432 Å². The van der Waals surface area contributed by atoms with Gasteiger partial charge in [0.25, 0.3) is 0 Å². The Balaban J connectivity index is 0.000000119. The maximum Gasteiger partial charge on any atom is 0.0224 e. The average molecular weight is 999 g/mol. The molecule has 0 spiro atoms. The number of rotatable bonds is 13. The van der Waals surface area contributed by atoms with Crippen molar-refractivity contribution in [2.75, 3.05) is 25.0 Å². The fourth-order valence-corrected chi connectivity index (χ4v) is 17.1. The van der Waals surface area contributed by atoms with Crippen LogP contribution in [-0.2, 0) is 0 Å². The molecule has 4 aromatic rings. The van der Waals surface area contributed by atoms with Crippen molar-refractivity contribution in [2.45, 2.75) is 132 Å². The maximum atomic E-state index is 6.32. The van der Waals surface area contributed by atoms with Crippen LogP contribution in [-0.4, -0.2) is 46.5 Å². The van der Waals surface area contributed by atoms with Gasteiger partial charge in [-0.05, 0) is 191 Å². The molecule has 370 valence electrons. The molecule has 70 heavy (non-hydrogen) atoms. The molecular formula is C66H84BrN3. The Kier molecular flexibility index (Phi) is 16.6. The molecule has 0 radical (unpaired) electrons. The molecule has 0 heterocycles. The SMILES string of the molecule is BrC/C=C/c1ccccc1.C(=C\c1ccccc1)/CN(C/C=C/c1ccccc1)C12CC3CC(CC(C3)C1)C2.C(=C\c1ccccc1)/CNC12CC3CC(CC(C3)C1)C2.NC12CC3CC(CC(C3)C1)C2. The fraction of sp³-hybridized carbons (Fsp3) is 0.515. The Morgan fingerprint density at radius 1 is 0.414 bits per heavy atom. The van der Waals surface area contributed by atoms with Gasteiger partial charge in [0.05, 0.1) is 0 Å². The monoisotopic (exact) mass is 998 g/mol. The van der Waals surface area contributed by atoms with Crippen molar-refractivity contribution in [3.8, 4) is 0 Å². The molecular weight excluding hydrogens is 915 g/mol. The number of hydrogen-bond acceptors (Lipinski definition) is 3. The van der Waals surface area contributed by atoms with E-state index in [1.54, 1.807) is 0 Å². The number of nitrogens with two attached hydrogens (primary N) is 1. The number of alkyl halides is 1. The molecule has 0 aromatic heterocycles. The summed E-state index contributed by atoms with van der Waals surface area (Å²) >= 11 is 3.32. The highest BCUT2D eigenvalue weighted by Crippen LogP contribution is 2.58. The second-order valence-corrected chi connectivity index (χ2v) is 25.0. The molecule has 0 aliphatic heterocycles. The van der Waals surface area contributed by atoms with E-state index in [-0.39, 0.29) is 0 Å². The van der Waals surface area contributed by atoms with E-state index in [1.165, 1.54) is 138 Å². The van der Waals surface area contributed by atoms with E-state index >= 15 is 0 Å². The van der Waals surface area contributed by atoms with Crippen LogP contribution in [0, 0.1) is 53.3 Å². The van der Waals surface area contributed by atoms with E-state index in [0.717, 1.165) is 78.2 Å². The zero-order chi connectivity index (χ0) is 47.6. The first kappa shape index (κ1) is 49.8. The van der Waals surface area contributed by atoms with Crippen LogP contribution in [0.25, 0.3) is 24.3 Å². The van der Waals surface area contributed by atoms with Crippen LogP contribution in [0.15, 0.2) is 146 Å². The first-order chi connectivity index (χ1) is 34.3. The number of hydrogen-bond donors (Lipinski definition) is 2. The van der Waals surface area contributed by atoms with Gasteiger partial charge in [0.2, 0.25) is 0 Å². The summed E-state index contributed by atoms with van der Waals surface area (Å²) in [5.74, 6) is 9.12. The standard InChI is InChI=1S/C28H33N.C19H25N.C10H17N.C9H9Br/c1-3-9-23(10-4-1)13-7-15-29(16-8-14-24-11-5-2-6-12-24)28-20-25-17-26(21-28)19-27(18-25)22-28;1-2-5-15(6-3-1)7-4-8-20-19-12-16-9-17(13-19)11-18(10-16)14-19;11-10-4-7-1-8(5-10)3-9(2-7)6-10;10-8-4-7-9-5-2-1-3-6-9/h1-14,25-27H,15-22H2;1-7,16-18,20H,8-14H2;7-9H,1-6,11H2;1-7H,8H2/b13-7+,14-8+;7-4+;;7-4+. The summed E-state index contributed by atoms with van der Waals surface area (Å²) in [7, 11) is 0. The fourth-order valence-electron chi connectivity index (χ4n) is 17.0.